The number of rotatable bonds is 2. The van der Waals surface area contributed by atoms with Crippen molar-refractivity contribution in [3.05, 3.63) is 51.0 Å². The van der Waals surface area contributed by atoms with E-state index in [-0.39, 0.29) is 0 Å². The first-order chi connectivity index (χ1) is 8.24. The molecule has 0 saturated carbocycles. The van der Waals surface area contributed by atoms with Crippen LogP contribution in [-0.4, -0.2) is 10.1 Å². The van der Waals surface area contributed by atoms with Crippen LogP contribution in [0.15, 0.2) is 24.5 Å². The van der Waals surface area contributed by atoms with Gasteiger partial charge in [-0.3, -0.25) is 4.98 Å². The maximum atomic E-state index is 10.3. The lowest BCUT2D eigenvalue weighted by Crippen LogP contribution is -1.98. The van der Waals surface area contributed by atoms with Gasteiger partial charge in [0.25, 0.3) is 0 Å². The molecule has 1 unspecified atom stereocenters. The van der Waals surface area contributed by atoms with Gasteiger partial charge in [-0.05, 0) is 43.4 Å². The molecule has 3 heteroatoms. The van der Waals surface area contributed by atoms with Crippen LogP contribution in [0.25, 0.3) is 0 Å². The van der Waals surface area contributed by atoms with Crippen LogP contribution in [0.5, 0.6) is 0 Å². The van der Waals surface area contributed by atoms with Gasteiger partial charge in [-0.25, -0.2) is 0 Å². The van der Waals surface area contributed by atoms with E-state index in [9.17, 15) is 5.11 Å². The number of thiophene rings is 1. The number of hydrogen-bond acceptors (Lipinski definition) is 3. The fourth-order valence-corrected chi connectivity index (χ4v) is 3.65. The topological polar surface area (TPSA) is 33.1 Å². The van der Waals surface area contributed by atoms with E-state index in [4.69, 9.17) is 0 Å². The van der Waals surface area contributed by atoms with Crippen molar-refractivity contribution < 1.29 is 5.11 Å². The molecule has 0 aliphatic heterocycles. The third-order valence-electron chi connectivity index (χ3n) is 3.25. The van der Waals surface area contributed by atoms with E-state index in [1.165, 1.54) is 29.7 Å². The molecule has 17 heavy (non-hydrogen) atoms. The Labute approximate surface area is 105 Å². The van der Waals surface area contributed by atoms with Gasteiger partial charge in [0.05, 0.1) is 0 Å². The number of aromatic nitrogens is 1. The Balaban J connectivity index is 1.93. The van der Waals surface area contributed by atoms with Crippen LogP contribution in [0.2, 0.25) is 0 Å². The van der Waals surface area contributed by atoms with Crippen molar-refractivity contribution in [1.82, 2.24) is 4.98 Å². The zero-order valence-electron chi connectivity index (χ0n) is 9.81. The van der Waals surface area contributed by atoms with Crippen molar-refractivity contribution in [2.45, 2.75) is 32.3 Å². The Morgan fingerprint density at radius 3 is 2.94 bits per heavy atom. The molecule has 0 fully saturated rings. The van der Waals surface area contributed by atoms with E-state index < -0.39 is 6.10 Å². The first-order valence-electron chi connectivity index (χ1n) is 5.95. The molecule has 1 N–H and O–H groups in total. The van der Waals surface area contributed by atoms with Crippen LogP contribution in [-0.2, 0) is 12.8 Å². The van der Waals surface area contributed by atoms with Crippen molar-refractivity contribution in [2.75, 3.05) is 0 Å². The van der Waals surface area contributed by atoms with Crippen LogP contribution in [0, 0.1) is 6.92 Å². The molecule has 2 aromatic heterocycles. The molecule has 2 heterocycles. The van der Waals surface area contributed by atoms with Crippen molar-refractivity contribution in [3.8, 4) is 0 Å². The van der Waals surface area contributed by atoms with Gasteiger partial charge in [0.2, 0.25) is 0 Å². The van der Waals surface area contributed by atoms with Gasteiger partial charge in [0.15, 0.2) is 0 Å². The molecular weight excluding hydrogens is 230 g/mol. The molecule has 0 bridgehead atoms. The van der Waals surface area contributed by atoms with Crippen molar-refractivity contribution in [2.24, 2.45) is 0 Å². The third kappa shape index (κ3) is 2.01. The van der Waals surface area contributed by atoms with E-state index in [2.05, 4.69) is 11.1 Å². The number of pyridine rings is 1. The Kier molecular flexibility index (Phi) is 2.73. The second-order valence-corrected chi connectivity index (χ2v) is 5.82. The molecule has 0 spiro atoms. The van der Waals surface area contributed by atoms with E-state index in [1.807, 2.05) is 19.2 Å². The van der Waals surface area contributed by atoms with Crippen molar-refractivity contribution >= 4 is 11.3 Å². The lowest BCUT2D eigenvalue weighted by Gasteiger charge is -2.09. The maximum Gasteiger partial charge on any atom is 0.115 e. The van der Waals surface area contributed by atoms with Crippen LogP contribution in [0.3, 0.4) is 0 Å². The monoisotopic (exact) mass is 245 g/mol. The lowest BCUT2D eigenvalue weighted by molar-refractivity contribution is 0.223. The Morgan fingerprint density at radius 2 is 2.18 bits per heavy atom. The van der Waals surface area contributed by atoms with Crippen LogP contribution < -0.4 is 0 Å². The van der Waals surface area contributed by atoms with Crippen molar-refractivity contribution in [3.63, 3.8) is 0 Å². The lowest BCUT2D eigenvalue weighted by atomic mass is 10.1. The molecule has 1 atom stereocenters. The highest BCUT2D eigenvalue weighted by atomic mass is 32.1. The van der Waals surface area contributed by atoms with E-state index >= 15 is 0 Å². The summed E-state index contributed by atoms with van der Waals surface area (Å²) in [5.74, 6) is 0. The normalized spacial score (nSPS) is 15.9. The summed E-state index contributed by atoms with van der Waals surface area (Å²) >= 11 is 1.75. The number of aliphatic hydroxyl groups is 1. The predicted molar refractivity (Wildman–Crippen MR) is 69.4 cm³/mol. The highest BCUT2D eigenvalue weighted by Crippen LogP contribution is 2.35. The molecule has 2 aromatic rings. The summed E-state index contributed by atoms with van der Waals surface area (Å²) in [4.78, 5) is 6.65. The van der Waals surface area contributed by atoms with Gasteiger partial charge < -0.3 is 5.11 Å². The van der Waals surface area contributed by atoms with E-state index in [1.54, 1.807) is 17.5 Å². The zero-order chi connectivity index (χ0) is 11.8. The Bertz CT molecular complexity index is 525. The molecule has 1 aliphatic rings. The van der Waals surface area contributed by atoms with Gasteiger partial charge in [0.1, 0.15) is 6.10 Å². The summed E-state index contributed by atoms with van der Waals surface area (Å²) in [6.07, 6.45) is 6.66. The number of nitrogens with zero attached hydrogens (tertiary/aromatic N) is 1. The fraction of sp³-hybridized carbons (Fsp3) is 0.357. The first kappa shape index (κ1) is 10.9. The largest absolute Gasteiger partial charge is 0.383 e. The molecule has 1 aliphatic carbocycles. The Morgan fingerprint density at radius 1 is 1.29 bits per heavy atom. The maximum absolute atomic E-state index is 10.3. The van der Waals surface area contributed by atoms with E-state index in [0.717, 1.165) is 16.0 Å². The standard InChI is InChI=1S/C14H15NOS/c1-9-5-11(8-15-7-9)14(16)13-6-10-3-2-4-12(10)17-13/h5-8,14,16H,2-4H2,1H3. The minimum Gasteiger partial charge on any atom is -0.383 e. The Hall–Kier alpha value is -1.19. The van der Waals surface area contributed by atoms with Crippen LogP contribution in [0.1, 0.15) is 39.0 Å². The van der Waals surface area contributed by atoms with Crippen LogP contribution >= 0.6 is 11.3 Å². The molecular formula is C14H15NOS. The average Bonchev–Trinajstić information content (AvgIpc) is 2.88. The molecule has 2 nitrogen and oxygen atoms in total. The van der Waals surface area contributed by atoms with Crippen LogP contribution in [0.4, 0.5) is 0 Å². The molecule has 0 saturated heterocycles. The SMILES string of the molecule is Cc1cncc(C(O)c2cc3c(s2)CCC3)c1. The molecule has 88 valence electrons. The minimum atomic E-state index is -0.516. The second kappa shape index (κ2) is 4.24. The second-order valence-electron chi connectivity index (χ2n) is 4.65. The highest BCUT2D eigenvalue weighted by Gasteiger charge is 2.19. The summed E-state index contributed by atoms with van der Waals surface area (Å²) in [6, 6.07) is 4.17. The van der Waals surface area contributed by atoms with Gasteiger partial charge in [-0.1, -0.05) is 6.07 Å². The number of aliphatic hydroxyl groups excluding tert-OH is 1. The van der Waals surface area contributed by atoms with Gasteiger partial charge in [-0.2, -0.15) is 0 Å². The smallest absolute Gasteiger partial charge is 0.115 e. The number of hydrogen-bond donors (Lipinski definition) is 1. The van der Waals surface area contributed by atoms with E-state index in [0.29, 0.717) is 0 Å². The number of fused-ring (bicyclic) bond motifs is 1. The van der Waals surface area contributed by atoms with Gasteiger partial charge >= 0.3 is 0 Å². The average molecular weight is 245 g/mol. The highest BCUT2D eigenvalue weighted by molar-refractivity contribution is 7.12. The molecule has 0 amide bonds. The number of aryl methyl sites for hydroxylation is 3. The molecule has 0 radical (unpaired) electrons. The minimum absolute atomic E-state index is 0.516. The summed E-state index contributed by atoms with van der Waals surface area (Å²) in [5.41, 5.74) is 3.42. The zero-order valence-corrected chi connectivity index (χ0v) is 10.6. The van der Waals surface area contributed by atoms with Gasteiger partial charge in [-0.15, -0.1) is 11.3 Å². The van der Waals surface area contributed by atoms with Crippen molar-refractivity contribution in [1.29, 1.82) is 0 Å². The first-order valence-corrected chi connectivity index (χ1v) is 6.77. The fourth-order valence-electron chi connectivity index (χ4n) is 2.38. The van der Waals surface area contributed by atoms with Gasteiger partial charge in [0, 0.05) is 27.7 Å². The quantitative estimate of drug-likeness (QED) is 0.882. The summed E-state index contributed by atoms with van der Waals surface area (Å²) in [5, 5.41) is 10.3. The third-order valence-corrected chi connectivity index (χ3v) is 4.54. The summed E-state index contributed by atoms with van der Waals surface area (Å²) < 4.78 is 0. The predicted octanol–water partition coefficient (Wildman–Crippen LogP) is 3.02. The molecule has 3 rings (SSSR count). The summed E-state index contributed by atoms with van der Waals surface area (Å²) in [7, 11) is 0. The summed E-state index contributed by atoms with van der Waals surface area (Å²) in [6.45, 7) is 2.00. The molecule has 0 aromatic carbocycles.